The van der Waals surface area contributed by atoms with Gasteiger partial charge in [0.15, 0.2) is 0 Å². The van der Waals surface area contributed by atoms with Crippen molar-refractivity contribution in [1.82, 2.24) is 14.9 Å². The number of anilines is 1. The van der Waals surface area contributed by atoms with Crippen LogP contribution >= 0.6 is 0 Å². The smallest absolute Gasteiger partial charge is 0.225 e. The van der Waals surface area contributed by atoms with Gasteiger partial charge in [0.05, 0.1) is 0 Å². The third kappa shape index (κ3) is 3.33. The quantitative estimate of drug-likeness (QED) is 0.860. The first-order valence-electron chi connectivity index (χ1n) is 9.10. The van der Waals surface area contributed by atoms with Crippen LogP contribution in [0, 0.1) is 0 Å². The van der Waals surface area contributed by atoms with Crippen molar-refractivity contribution in [2.75, 3.05) is 31.1 Å². The standard InChI is InChI=1S/C20H26N4O/c1-15(16-5-6-17-14-20(2,3)25-18(17)13-16)23-9-11-24(12-10-23)19-21-7-4-8-22-19/h4-8,13,15H,9-12,14H2,1-3H3. The van der Waals surface area contributed by atoms with Gasteiger partial charge in [-0.25, -0.2) is 9.97 Å². The normalized spacial score (nSPS) is 20.8. The van der Waals surface area contributed by atoms with Gasteiger partial charge in [0, 0.05) is 51.0 Å². The molecule has 0 radical (unpaired) electrons. The highest BCUT2D eigenvalue weighted by atomic mass is 16.5. The summed E-state index contributed by atoms with van der Waals surface area (Å²) >= 11 is 0. The molecule has 0 saturated carbocycles. The summed E-state index contributed by atoms with van der Waals surface area (Å²) in [7, 11) is 0. The number of piperazine rings is 1. The summed E-state index contributed by atoms with van der Waals surface area (Å²) in [6.07, 6.45) is 4.61. The Morgan fingerprint density at radius 3 is 2.52 bits per heavy atom. The van der Waals surface area contributed by atoms with Crippen LogP contribution in [0.3, 0.4) is 0 Å². The molecule has 0 amide bonds. The van der Waals surface area contributed by atoms with E-state index in [0.717, 1.165) is 44.3 Å². The second kappa shape index (κ2) is 6.30. The third-order valence-corrected chi connectivity index (χ3v) is 5.27. The Labute approximate surface area is 149 Å². The van der Waals surface area contributed by atoms with Crippen molar-refractivity contribution in [1.29, 1.82) is 0 Å². The maximum Gasteiger partial charge on any atom is 0.225 e. The van der Waals surface area contributed by atoms with Crippen LogP contribution in [0.1, 0.15) is 37.9 Å². The number of aromatic nitrogens is 2. The van der Waals surface area contributed by atoms with Crippen LogP contribution in [0.2, 0.25) is 0 Å². The van der Waals surface area contributed by atoms with Crippen LogP contribution in [0.15, 0.2) is 36.7 Å². The number of rotatable bonds is 3. The van der Waals surface area contributed by atoms with Crippen LogP contribution in [0.5, 0.6) is 5.75 Å². The Morgan fingerprint density at radius 1 is 1.08 bits per heavy atom. The zero-order chi connectivity index (χ0) is 17.4. The summed E-state index contributed by atoms with van der Waals surface area (Å²) in [5.74, 6) is 1.90. The molecule has 3 heterocycles. The second-order valence-electron chi connectivity index (χ2n) is 7.65. The highest BCUT2D eigenvalue weighted by Gasteiger charge is 2.31. The van der Waals surface area contributed by atoms with Crippen LogP contribution in [-0.2, 0) is 6.42 Å². The van der Waals surface area contributed by atoms with Gasteiger partial charge >= 0.3 is 0 Å². The van der Waals surface area contributed by atoms with E-state index in [2.05, 4.69) is 58.7 Å². The van der Waals surface area contributed by atoms with E-state index in [1.165, 1.54) is 11.1 Å². The highest BCUT2D eigenvalue weighted by molar-refractivity contribution is 5.43. The molecule has 2 aliphatic rings. The van der Waals surface area contributed by atoms with Gasteiger partial charge in [-0.3, -0.25) is 4.90 Å². The molecule has 1 atom stereocenters. The summed E-state index contributed by atoms with van der Waals surface area (Å²) < 4.78 is 6.10. The van der Waals surface area contributed by atoms with Gasteiger partial charge in [-0.1, -0.05) is 12.1 Å². The predicted octanol–water partition coefficient (Wildman–Crippen LogP) is 3.07. The van der Waals surface area contributed by atoms with Crippen LogP contribution < -0.4 is 9.64 Å². The molecule has 0 N–H and O–H groups in total. The molecule has 1 aromatic heterocycles. The molecule has 0 aliphatic carbocycles. The Hall–Kier alpha value is -2.14. The van der Waals surface area contributed by atoms with E-state index in [1.807, 2.05) is 18.5 Å². The van der Waals surface area contributed by atoms with Crippen molar-refractivity contribution in [2.24, 2.45) is 0 Å². The van der Waals surface area contributed by atoms with E-state index in [1.54, 1.807) is 0 Å². The van der Waals surface area contributed by atoms with Crippen molar-refractivity contribution in [3.05, 3.63) is 47.8 Å². The molecule has 2 aliphatic heterocycles. The number of nitrogens with zero attached hydrogens (tertiary/aromatic N) is 4. The maximum atomic E-state index is 6.10. The predicted molar refractivity (Wildman–Crippen MR) is 99.1 cm³/mol. The minimum absolute atomic E-state index is 0.0779. The number of hydrogen-bond acceptors (Lipinski definition) is 5. The molecule has 0 bridgehead atoms. The van der Waals surface area contributed by atoms with E-state index in [4.69, 9.17) is 4.74 Å². The maximum absolute atomic E-state index is 6.10. The zero-order valence-electron chi connectivity index (χ0n) is 15.3. The van der Waals surface area contributed by atoms with Gasteiger partial charge in [-0.05, 0) is 44.0 Å². The zero-order valence-corrected chi connectivity index (χ0v) is 15.3. The fourth-order valence-electron chi connectivity index (χ4n) is 3.84. The van der Waals surface area contributed by atoms with Crippen molar-refractivity contribution in [2.45, 2.75) is 38.8 Å². The lowest BCUT2D eigenvalue weighted by Gasteiger charge is -2.38. The average Bonchev–Trinajstić information content (AvgIpc) is 2.95. The van der Waals surface area contributed by atoms with Crippen molar-refractivity contribution >= 4 is 5.95 Å². The molecule has 2 aromatic rings. The second-order valence-corrected chi connectivity index (χ2v) is 7.65. The third-order valence-electron chi connectivity index (χ3n) is 5.27. The van der Waals surface area contributed by atoms with Crippen LogP contribution in [-0.4, -0.2) is 46.6 Å². The number of benzene rings is 1. The van der Waals surface area contributed by atoms with Gasteiger partial charge < -0.3 is 9.64 Å². The molecule has 4 rings (SSSR count). The van der Waals surface area contributed by atoms with E-state index in [-0.39, 0.29) is 5.60 Å². The molecular weight excluding hydrogens is 312 g/mol. The first-order chi connectivity index (χ1) is 12.0. The van der Waals surface area contributed by atoms with E-state index in [0.29, 0.717) is 6.04 Å². The lowest BCUT2D eigenvalue weighted by atomic mass is 9.99. The molecule has 132 valence electrons. The van der Waals surface area contributed by atoms with Crippen LogP contribution in [0.25, 0.3) is 0 Å². The molecule has 1 aromatic carbocycles. The molecule has 5 nitrogen and oxygen atoms in total. The van der Waals surface area contributed by atoms with Crippen molar-refractivity contribution in [3.8, 4) is 5.75 Å². The summed E-state index contributed by atoms with van der Waals surface area (Å²) in [5.41, 5.74) is 2.58. The summed E-state index contributed by atoms with van der Waals surface area (Å²) in [4.78, 5) is 13.5. The fourth-order valence-corrected chi connectivity index (χ4v) is 3.84. The molecule has 25 heavy (non-hydrogen) atoms. The number of fused-ring (bicyclic) bond motifs is 1. The summed E-state index contributed by atoms with van der Waals surface area (Å²) in [6, 6.07) is 8.99. The molecule has 5 heteroatoms. The van der Waals surface area contributed by atoms with Gasteiger partial charge in [-0.2, -0.15) is 0 Å². The van der Waals surface area contributed by atoms with Gasteiger partial charge in [0.1, 0.15) is 11.4 Å². The number of ether oxygens (including phenoxy) is 1. The van der Waals surface area contributed by atoms with Gasteiger partial charge in [0.2, 0.25) is 5.95 Å². The fraction of sp³-hybridized carbons (Fsp3) is 0.500. The lowest BCUT2D eigenvalue weighted by Crippen LogP contribution is -2.47. The molecule has 1 saturated heterocycles. The molecule has 1 unspecified atom stereocenters. The van der Waals surface area contributed by atoms with Gasteiger partial charge in [0.25, 0.3) is 0 Å². The topological polar surface area (TPSA) is 41.5 Å². The van der Waals surface area contributed by atoms with Crippen molar-refractivity contribution < 1.29 is 4.74 Å². The first-order valence-corrected chi connectivity index (χ1v) is 9.10. The van der Waals surface area contributed by atoms with E-state index < -0.39 is 0 Å². The minimum Gasteiger partial charge on any atom is -0.487 e. The van der Waals surface area contributed by atoms with E-state index >= 15 is 0 Å². The monoisotopic (exact) mass is 338 g/mol. The molecule has 0 spiro atoms. The lowest BCUT2D eigenvalue weighted by molar-refractivity contribution is 0.138. The van der Waals surface area contributed by atoms with Crippen LogP contribution in [0.4, 0.5) is 5.95 Å². The van der Waals surface area contributed by atoms with E-state index in [9.17, 15) is 0 Å². The molecular formula is C20H26N4O. The largest absolute Gasteiger partial charge is 0.487 e. The highest BCUT2D eigenvalue weighted by Crippen LogP contribution is 2.37. The summed E-state index contributed by atoms with van der Waals surface area (Å²) in [5, 5.41) is 0. The Balaban J connectivity index is 1.42. The minimum atomic E-state index is -0.0779. The first kappa shape index (κ1) is 16.3. The Kier molecular flexibility index (Phi) is 4.12. The Bertz CT molecular complexity index is 739. The average molecular weight is 338 g/mol. The van der Waals surface area contributed by atoms with Crippen molar-refractivity contribution in [3.63, 3.8) is 0 Å². The summed E-state index contributed by atoms with van der Waals surface area (Å²) in [6.45, 7) is 10.6. The SMILES string of the molecule is CC(c1ccc2c(c1)OC(C)(C)C2)N1CCN(c2ncccn2)CC1. The van der Waals surface area contributed by atoms with Gasteiger partial charge in [-0.15, -0.1) is 0 Å². The number of hydrogen-bond donors (Lipinski definition) is 0. The molecule has 1 fully saturated rings. The Morgan fingerprint density at radius 2 is 1.80 bits per heavy atom.